The molecule has 0 saturated carbocycles. The molecule has 0 aromatic carbocycles. The van der Waals surface area contributed by atoms with Crippen molar-refractivity contribution in [1.29, 1.82) is 0 Å². The maximum atomic E-state index is 9.62. The van der Waals surface area contributed by atoms with Gasteiger partial charge in [0, 0.05) is 26.2 Å². The third-order valence-corrected chi connectivity index (χ3v) is 2.43. The molecule has 0 bridgehead atoms. The van der Waals surface area contributed by atoms with Crippen molar-refractivity contribution in [1.82, 2.24) is 4.90 Å². The second kappa shape index (κ2) is 3.70. The molecule has 1 saturated heterocycles. The highest BCUT2D eigenvalue weighted by Crippen LogP contribution is 2.23. The van der Waals surface area contributed by atoms with Crippen LogP contribution in [0.5, 0.6) is 0 Å². The number of hydrogen-bond donors (Lipinski definition) is 3. The summed E-state index contributed by atoms with van der Waals surface area (Å²) < 4.78 is 0. The van der Waals surface area contributed by atoms with E-state index in [1.807, 2.05) is 11.8 Å². The van der Waals surface area contributed by atoms with Crippen molar-refractivity contribution in [3.63, 3.8) is 0 Å². The van der Waals surface area contributed by atoms with Crippen molar-refractivity contribution in [2.75, 3.05) is 26.2 Å². The van der Waals surface area contributed by atoms with Gasteiger partial charge >= 0.3 is 0 Å². The van der Waals surface area contributed by atoms with Gasteiger partial charge in [-0.15, -0.1) is 0 Å². The van der Waals surface area contributed by atoms with Crippen molar-refractivity contribution < 1.29 is 10.2 Å². The van der Waals surface area contributed by atoms with Crippen LogP contribution in [0.2, 0.25) is 0 Å². The normalized spacial score (nSPS) is 25.0. The molecule has 1 aliphatic rings. The van der Waals surface area contributed by atoms with Crippen molar-refractivity contribution in [2.24, 2.45) is 5.73 Å². The van der Waals surface area contributed by atoms with Crippen LogP contribution in [-0.4, -0.2) is 53.0 Å². The fraction of sp³-hybridized carbons (Fsp3) is 1.00. The molecule has 12 heavy (non-hydrogen) atoms. The van der Waals surface area contributed by atoms with Gasteiger partial charge in [0.25, 0.3) is 0 Å². The van der Waals surface area contributed by atoms with Crippen LogP contribution in [-0.2, 0) is 0 Å². The van der Waals surface area contributed by atoms with E-state index in [1.165, 1.54) is 0 Å². The van der Waals surface area contributed by atoms with Crippen LogP contribution in [0.1, 0.15) is 13.3 Å². The first-order valence-electron chi connectivity index (χ1n) is 4.42. The van der Waals surface area contributed by atoms with E-state index in [-0.39, 0.29) is 0 Å². The molecule has 0 aromatic rings. The number of nitrogens with two attached hydrogens (primary N) is 1. The predicted octanol–water partition coefficient (Wildman–Crippen LogP) is -1.24. The standard InChI is InChI=1S/C8H18N2O2/c1-2-8(12)5-10(6-8)4-7(11)3-9/h7,11-12H,2-6,9H2,1H3. The second-order valence-corrected chi connectivity index (χ2v) is 3.64. The summed E-state index contributed by atoms with van der Waals surface area (Å²) in [6.07, 6.45) is 0.328. The molecular weight excluding hydrogens is 156 g/mol. The minimum atomic E-state index is -0.506. The molecule has 0 spiro atoms. The fourth-order valence-corrected chi connectivity index (χ4v) is 1.51. The first kappa shape index (κ1) is 9.92. The van der Waals surface area contributed by atoms with E-state index in [1.54, 1.807) is 0 Å². The van der Waals surface area contributed by atoms with E-state index in [4.69, 9.17) is 5.73 Å². The van der Waals surface area contributed by atoms with Gasteiger partial charge in [-0.25, -0.2) is 0 Å². The molecule has 1 heterocycles. The van der Waals surface area contributed by atoms with Gasteiger partial charge in [0.05, 0.1) is 11.7 Å². The van der Waals surface area contributed by atoms with Crippen LogP contribution < -0.4 is 5.73 Å². The van der Waals surface area contributed by atoms with Gasteiger partial charge in [-0.1, -0.05) is 6.92 Å². The molecule has 1 unspecified atom stereocenters. The van der Waals surface area contributed by atoms with Gasteiger partial charge in [-0.2, -0.15) is 0 Å². The highest BCUT2D eigenvalue weighted by atomic mass is 16.3. The number of aliphatic hydroxyl groups excluding tert-OH is 1. The highest BCUT2D eigenvalue weighted by molar-refractivity contribution is 4.94. The molecule has 4 nitrogen and oxygen atoms in total. The summed E-state index contributed by atoms with van der Waals surface area (Å²) in [5.41, 5.74) is 4.75. The third-order valence-electron chi connectivity index (χ3n) is 2.43. The molecule has 72 valence electrons. The van der Waals surface area contributed by atoms with Gasteiger partial charge in [0.1, 0.15) is 0 Å². The van der Waals surface area contributed by atoms with E-state index >= 15 is 0 Å². The molecule has 1 rings (SSSR count). The SMILES string of the molecule is CCC1(O)CN(CC(O)CN)C1. The molecule has 4 N–H and O–H groups in total. The Morgan fingerprint density at radius 1 is 1.58 bits per heavy atom. The monoisotopic (exact) mass is 174 g/mol. The summed E-state index contributed by atoms with van der Waals surface area (Å²) in [6.45, 7) is 4.18. The Morgan fingerprint density at radius 2 is 2.17 bits per heavy atom. The second-order valence-electron chi connectivity index (χ2n) is 3.64. The minimum absolute atomic E-state index is 0.293. The summed E-state index contributed by atoms with van der Waals surface area (Å²) in [7, 11) is 0. The summed E-state index contributed by atoms with van der Waals surface area (Å²) >= 11 is 0. The quantitative estimate of drug-likeness (QED) is 0.499. The lowest BCUT2D eigenvalue weighted by molar-refractivity contribution is -0.109. The van der Waals surface area contributed by atoms with Gasteiger partial charge in [-0.3, -0.25) is 4.90 Å². The molecule has 0 amide bonds. The number of aliphatic hydroxyl groups is 2. The number of β-amino-alcohol motifs (C(OH)–C–C–N with tert-alkyl or cyclic N) is 2. The topological polar surface area (TPSA) is 69.7 Å². The minimum Gasteiger partial charge on any atom is -0.390 e. The molecule has 0 radical (unpaired) electrons. The predicted molar refractivity (Wildman–Crippen MR) is 46.7 cm³/mol. The maximum Gasteiger partial charge on any atom is 0.0897 e. The Kier molecular flexibility index (Phi) is 3.06. The largest absolute Gasteiger partial charge is 0.390 e. The van der Waals surface area contributed by atoms with Crippen molar-refractivity contribution in [3.05, 3.63) is 0 Å². The lowest BCUT2D eigenvalue weighted by Crippen LogP contribution is -2.63. The molecular formula is C8H18N2O2. The fourth-order valence-electron chi connectivity index (χ4n) is 1.51. The number of hydrogen-bond acceptors (Lipinski definition) is 4. The zero-order valence-electron chi connectivity index (χ0n) is 7.53. The summed E-state index contributed by atoms with van der Waals surface area (Å²) in [6, 6.07) is 0. The first-order valence-corrected chi connectivity index (χ1v) is 4.42. The zero-order chi connectivity index (χ0) is 9.19. The van der Waals surface area contributed by atoms with E-state index in [0.29, 0.717) is 26.2 Å². The zero-order valence-corrected chi connectivity index (χ0v) is 7.53. The lowest BCUT2D eigenvalue weighted by Gasteiger charge is -2.46. The Morgan fingerprint density at radius 3 is 2.58 bits per heavy atom. The van der Waals surface area contributed by atoms with Crippen LogP contribution in [0.15, 0.2) is 0 Å². The van der Waals surface area contributed by atoms with E-state index < -0.39 is 11.7 Å². The number of nitrogens with zero attached hydrogens (tertiary/aromatic N) is 1. The molecule has 1 aliphatic heterocycles. The van der Waals surface area contributed by atoms with E-state index in [9.17, 15) is 10.2 Å². The summed E-state index contributed by atoms with van der Waals surface area (Å²) in [4.78, 5) is 2.01. The van der Waals surface area contributed by atoms with Crippen LogP contribution in [0.3, 0.4) is 0 Å². The summed E-state index contributed by atoms with van der Waals surface area (Å²) in [5, 5.41) is 18.8. The smallest absolute Gasteiger partial charge is 0.0897 e. The molecule has 0 aliphatic carbocycles. The Hall–Kier alpha value is -0.160. The van der Waals surface area contributed by atoms with E-state index in [2.05, 4.69) is 0 Å². The van der Waals surface area contributed by atoms with E-state index in [0.717, 1.165) is 6.42 Å². The molecule has 4 heteroatoms. The third kappa shape index (κ3) is 2.17. The van der Waals surface area contributed by atoms with Crippen molar-refractivity contribution in [3.8, 4) is 0 Å². The average molecular weight is 174 g/mol. The van der Waals surface area contributed by atoms with Crippen LogP contribution in [0.25, 0.3) is 0 Å². The Balaban J connectivity index is 2.17. The van der Waals surface area contributed by atoms with Crippen LogP contribution in [0.4, 0.5) is 0 Å². The maximum absolute atomic E-state index is 9.62. The van der Waals surface area contributed by atoms with Gasteiger partial charge in [-0.05, 0) is 6.42 Å². The first-order chi connectivity index (χ1) is 5.59. The molecule has 0 aromatic heterocycles. The van der Waals surface area contributed by atoms with Crippen LogP contribution in [0, 0.1) is 0 Å². The molecule has 1 fully saturated rings. The average Bonchev–Trinajstić information content (AvgIpc) is 2.01. The van der Waals surface area contributed by atoms with Gasteiger partial charge in [0.15, 0.2) is 0 Å². The number of likely N-dealkylation sites (tertiary alicyclic amines) is 1. The van der Waals surface area contributed by atoms with Gasteiger partial charge in [0.2, 0.25) is 0 Å². The van der Waals surface area contributed by atoms with Crippen molar-refractivity contribution in [2.45, 2.75) is 25.0 Å². The lowest BCUT2D eigenvalue weighted by atomic mass is 9.91. The number of rotatable bonds is 4. The highest BCUT2D eigenvalue weighted by Gasteiger charge is 2.39. The Labute approximate surface area is 73.0 Å². The van der Waals surface area contributed by atoms with Crippen molar-refractivity contribution >= 4 is 0 Å². The summed E-state index contributed by atoms with van der Waals surface area (Å²) in [5.74, 6) is 0. The van der Waals surface area contributed by atoms with Crippen LogP contribution >= 0.6 is 0 Å². The Bertz CT molecular complexity index is 143. The molecule has 1 atom stereocenters. The van der Waals surface area contributed by atoms with Gasteiger partial charge < -0.3 is 15.9 Å².